The van der Waals surface area contributed by atoms with Crippen LogP contribution < -0.4 is 0 Å². The number of benzene rings is 1. The van der Waals surface area contributed by atoms with E-state index in [0.29, 0.717) is 11.9 Å². The summed E-state index contributed by atoms with van der Waals surface area (Å²) in [5, 5.41) is 0. The number of carbonyl (C=O) groups excluding carboxylic acids is 1. The molecule has 0 saturated carbocycles. The van der Waals surface area contributed by atoms with Crippen LogP contribution >= 0.6 is 0 Å². The molecule has 0 radical (unpaired) electrons. The Bertz CT molecular complexity index is 547. The Morgan fingerprint density at radius 3 is 2.18 bits per heavy atom. The van der Waals surface area contributed by atoms with Crippen molar-refractivity contribution in [2.24, 2.45) is 0 Å². The van der Waals surface area contributed by atoms with Crippen molar-refractivity contribution in [2.75, 3.05) is 7.11 Å². The second-order valence-electron chi connectivity index (χ2n) is 6.46. The van der Waals surface area contributed by atoms with Gasteiger partial charge < -0.3 is 14.0 Å². The van der Waals surface area contributed by atoms with E-state index in [2.05, 4.69) is 0 Å². The van der Waals surface area contributed by atoms with E-state index in [1.807, 2.05) is 64.1 Å². The lowest BCUT2D eigenvalue weighted by Gasteiger charge is -2.32. The normalized spacial score (nSPS) is 20.0. The van der Waals surface area contributed by atoms with Gasteiger partial charge in [0, 0.05) is 11.9 Å². The Labute approximate surface area is 132 Å². The fourth-order valence-corrected chi connectivity index (χ4v) is 2.31. The molecule has 0 N–H and O–H groups in total. The molecule has 1 saturated heterocycles. The topological polar surface area (TPSA) is 44.8 Å². The first-order chi connectivity index (χ1) is 10.2. The molecule has 0 aliphatic carbocycles. The van der Waals surface area contributed by atoms with Gasteiger partial charge in [-0.2, -0.15) is 0 Å². The molecule has 1 heterocycles. The molecule has 1 aromatic carbocycles. The predicted molar refractivity (Wildman–Crippen MR) is 87.3 cm³/mol. The van der Waals surface area contributed by atoms with Crippen LogP contribution in [0.25, 0.3) is 6.08 Å². The molecular formula is C17H23BO4. The maximum absolute atomic E-state index is 12.0. The van der Waals surface area contributed by atoms with Gasteiger partial charge in [0.25, 0.3) is 0 Å². The van der Waals surface area contributed by atoms with E-state index in [1.165, 1.54) is 7.11 Å². The third kappa shape index (κ3) is 3.59. The van der Waals surface area contributed by atoms with Gasteiger partial charge in [0.15, 0.2) is 0 Å². The molecule has 2 rings (SSSR count). The minimum atomic E-state index is -0.459. The van der Waals surface area contributed by atoms with Crippen molar-refractivity contribution >= 4 is 19.2 Å². The van der Waals surface area contributed by atoms with Gasteiger partial charge in [0.05, 0.1) is 18.3 Å². The first-order valence-electron chi connectivity index (χ1n) is 7.45. The first-order valence-corrected chi connectivity index (χ1v) is 7.45. The monoisotopic (exact) mass is 302 g/mol. The maximum atomic E-state index is 12.0. The van der Waals surface area contributed by atoms with Gasteiger partial charge >= 0.3 is 13.1 Å². The number of rotatable bonds is 4. The van der Waals surface area contributed by atoms with Crippen molar-refractivity contribution in [3.63, 3.8) is 0 Å². The second kappa shape index (κ2) is 6.27. The quantitative estimate of drug-likeness (QED) is 0.486. The van der Waals surface area contributed by atoms with Crippen LogP contribution in [0.15, 0.2) is 35.9 Å². The van der Waals surface area contributed by atoms with Gasteiger partial charge in [-0.3, -0.25) is 0 Å². The van der Waals surface area contributed by atoms with Crippen LogP contribution in [-0.4, -0.2) is 31.4 Å². The molecule has 1 fully saturated rings. The van der Waals surface area contributed by atoms with Crippen molar-refractivity contribution in [2.45, 2.75) is 45.2 Å². The lowest BCUT2D eigenvalue weighted by molar-refractivity contribution is -0.135. The Kier molecular flexibility index (Phi) is 4.78. The number of hydrogen-bond donors (Lipinski definition) is 0. The molecule has 118 valence electrons. The van der Waals surface area contributed by atoms with Crippen LogP contribution in [0.1, 0.15) is 33.3 Å². The van der Waals surface area contributed by atoms with Crippen LogP contribution in [0.5, 0.6) is 0 Å². The second-order valence-corrected chi connectivity index (χ2v) is 6.46. The van der Waals surface area contributed by atoms with Gasteiger partial charge in [-0.25, -0.2) is 4.79 Å². The summed E-state index contributed by atoms with van der Waals surface area (Å²) < 4.78 is 16.8. The van der Waals surface area contributed by atoms with E-state index >= 15 is 0 Å². The van der Waals surface area contributed by atoms with E-state index in [4.69, 9.17) is 14.0 Å². The highest BCUT2D eigenvalue weighted by molar-refractivity contribution is 6.47. The predicted octanol–water partition coefficient (Wildman–Crippen LogP) is 3.34. The highest BCUT2D eigenvalue weighted by Crippen LogP contribution is 2.38. The fourth-order valence-electron chi connectivity index (χ4n) is 2.31. The van der Waals surface area contributed by atoms with Crippen LogP contribution in [0.3, 0.4) is 0 Å². The zero-order valence-electron chi connectivity index (χ0n) is 13.9. The minimum Gasteiger partial charge on any atom is -0.466 e. The maximum Gasteiger partial charge on any atom is 0.462 e. The highest BCUT2D eigenvalue weighted by Gasteiger charge is 2.51. The van der Waals surface area contributed by atoms with E-state index in [9.17, 15) is 4.79 Å². The Balaban J connectivity index is 2.19. The van der Waals surface area contributed by atoms with Crippen LogP contribution in [0.4, 0.5) is 0 Å². The summed E-state index contributed by atoms with van der Waals surface area (Å²) in [4.78, 5) is 12.0. The van der Waals surface area contributed by atoms with Crippen molar-refractivity contribution < 1.29 is 18.8 Å². The Morgan fingerprint density at radius 1 is 1.14 bits per heavy atom. The molecule has 1 aromatic rings. The van der Waals surface area contributed by atoms with E-state index in [1.54, 1.807) is 0 Å². The third-order valence-electron chi connectivity index (χ3n) is 4.28. The zero-order chi connectivity index (χ0) is 16.4. The van der Waals surface area contributed by atoms with Gasteiger partial charge in [-0.15, -0.1) is 0 Å². The summed E-state index contributed by atoms with van der Waals surface area (Å²) in [5.41, 5.74) is 0.656. The van der Waals surface area contributed by atoms with Crippen LogP contribution in [-0.2, 0) is 18.8 Å². The summed E-state index contributed by atoms with van der Waals surface area (Å²) in [6, 6.07) is 9.66. The molecule has 4 nitrogen and oxygen atoms in total. The van der Waals surface area contributed by atoms with Gasteiger partial charge in [0.1, 0.15) is 0 Å². The molecular weight excluding hydrogens is 279 g/mol. The van der Waals surface area contributed by atoms with Crippen molar-refractivity contribution in [3.05, 3.63) is 41.5 Å². The summed E-state index contributed by atoms with van der Waals surface area (Å²) in [6.45, 7) is 7.97. The largest absolute Gasteiger partial charge is 0.466 e. The average Bonchev–Trinajstić information content (AvgIpc) is 2.66. The molecule has 0 bridgehead atoms. The SMILES string of the molecule is COC(=O)/C(=C/c1ccccc1)CB1OC(C)(C)C(C)(C)O1. The van der Waals surface area contributed by atoms with Crippen LogP contribution in [0.2, 0.25) is 6.32 Å². The van der Waals surface area contributed by atoms with Gasteiger partial charge in [-0.1, -0.05) is 30.3 Å². The lowest BCUT2D eigenvalue weighted by Crippen LogP contribution is -2.41. The molecule has 0 unspecified atom stereocenters. The molecule has 1 aliphatic rings. The Morgan fingerprint density at radius 2 is 1.68 bits per heavy atom. The summed E-state index contributed by atoms with van der Waals surface area (Å²) in [6.07, 6.45) is 2.17. The minimum absolute atomic E-state index is 0.356. The molecule has 1 aliphatic heterocycles. The van der Waals surface area contributed by atoms with Crippen LogP contribution in [0, 0.1) is 0 Å². The van der Waals surface area contributed by atoms with Crippen molar-refractivity contribution in [1.29, 1.82) is 0 Å². The molecule has 5 heteroatoms. The molecule has 22 heavy (non-hydrogen) atoms. The van der Waals surface area contributed by atoms with Crippen molar-refractivity contribution in [3.8, 4) is 0 Å². The first kappa shape index (κ1) is 16.8. The fraction of sp³-hybridized carbons (Fsp3) is 0.471. The number of ether oxygens (including phenoxy) is 1. The Hall–Kier alpha value is -1.59. The summed E-state index contributed by atoms with van der Waals surface area (Å²) in [5.74, 6) is -0.362. The van der Waals surface area contributed by atoms with Gasteiger partial charge in [0.2, 0.25) is 0 Å². The van der Waals surface area contributed by atoms with E-state index in [0.717, 1.165) is 5.56 Å². The summed E-state index contributed by atoms with van der Waals surface area (Å²) in [7, 11) is 0.921. The number of hydrogen-bond acceptors (Lipinski definition) is 4. The zero-order valence-corrected chi connectivity index (χ0v) is 13.9. The van der Waals surface area contributed by atoms with Gasteiger partial charge in [-0.05, 0) is 39.3 Å². The third-order valence-corrected chi connectivity index (χ3v) is 4.28. The smallest absolute Gasteiger partial charge is 0.462 e. The van der Waals surface area contributed by atoms with E-state index in [-0.39, 0.29) is 5.97 Å². The molecule has 0 atom stereocenters. The highest BCUT2D eigenvalue weighted by atomic mass is 16.7. The molecule has 0 amide bonds. The number of carbonyl (C=O) groups is 1. The van der Waals surface area contributed by atoms with E-state index < -0.39 is 18.3 Å². The lowest BCUT2D eigenvalue weighted by atomic mass is 9.80. The number of esters is 1. The number of methoxy groups -OCH3 is 1. The molecule has 0 spiro atoms. The summed E-state index contributed by atoms with van der Waals surface area (Å²) >= 11 is 0. The molecule has 0 aromatic heterocycles. The van der Waals surface area contributed by atoms with Crippen molar-refractivity contribution in [1.82, 2.24) is 0 Å². The standard InChI is InChI=1S/C17H23BO4/c1-16(2)17(3,4)22-18(21-16)12-14(15(19)20-5)11-13-9-7-6-8-10-13/h6-11H,12H2,1-5H3/b14-11+. The average molecular weight is 302 g/mol.